The number of rotatable bonds is 4. The van der Waals surface area contributed by atoms with Crippen molar-refractivity contribution in [3.63, 3.8) is 0 Å². The molecule has 0 aliphatic carbocycles. The molecule has 2 heterocycles. The number of nitrogens with two attached hydrogens (primary N) is 1. The van der Waals surface area contributed by atoms with Crippen molar-refractivity contribution in [1.82, 2.24) is 15.1 Å². The third-order valence-electron chi connectivity index (χ3n) is 3.23. The molecule has 0 radical (unpaired) electrons. The molecule has 0 fully saturated rings. The van der Waals surface area contributed by atoms with Crippen LogP contribution in [0.3, 0.4) is 0 Å². The Labute approximate surface area is 116 Å². The fraction of sp³-hybridized carbons (Fsp3) is 0.286. The van der Waals surface area contributed by atoms with Crippen LogP contribution in [-0.4, -0.2) is 28.8 Å². The number of fused-ring (bicyclic) bond motifs is 1. The van der Waals surface area contributed by atoms with Crippen molar-refractivity contribution in [2.45, 2.75) is 13.0 Å². The molecule has 0 spiro atoms. The zero-order valence-electron chi connectivity index (χ0n) is 11.0. The number of hydrogen-bond acceptors (Lipinski definition) is 4. The van der Waals surface area contributed by atoms with E-state index >= 15 is 0 Å². The normalized spacial score (nSPS) is 12.8. The first-order valence-corrected chi connectivity index (χ1v) is 6.54. The Morgan fingerprint density at radius 2 is 2.40 bits per heavy atom. The van der Waals surface area contributed by atoms with Gasteiger partial charge < -0.3 is 15.8 Å². The second kappa shape index (κ2) is 5.24. The summed E-state index contributed by atoms with van der Waals surface area (Å²) >= 11 is 0. The van der Waals surface area contributed by atoms with Gasteiger partial charge in [-0.2, -0.15) is 5.10 Å². The predicted molar refractivity (Wildman–Crippen MR) is 74.6 cm³/mol. The molecule has 2 aromatic rings. The summed E-state index contributed by atoms with van der Waals surface area (Å²) in [5.41, 5.74) is 7.95. The maximum absolute atomic E-state index is 12.0. The van der Waals surface area contributed by atoms with Crippen LogP contribution in [0.5, 0.6) is 5.75 Å². The Hall–Kier alpha value is -2.50. The van der Waals surface area contributed by atoms with Crippen LogP contribution in [0, 0.1) is 0 Å². The summed E-state index contributed by atoms with van der Waals surface area (Å²) in [6.07, 6.45) is 4.18. The van der Waals surface area contributed by atoms with Crippen LogP contribution in [0.25, 0.3) is 0 Å². The zero-order valence-corrected chi connectivity index (χ0v) is 11.0. The Morgan fingerprint density at radius 1 is 1.50 bits per heavy atom. The van der Waals surface area contributed by atoms with Crippen molar-refractivity contribution >= 4 is 11.6 Å². The summed E-state index contributed by atoms with van der Waals surface area (Å²) in [5, 5.41) is 6.92. The lowest BCUT2D eigenvalue weighted by Crippen LogP contribution is -2.27. The van der Waals surface area contributed by atoms with E-state index in [2.05, 4.69) is 10.4 Å². The van der Waals surface area contributed by atoms with Gasteiger partial charge >= 0.3 is 0 Å². The van der Waals surface area contributed by atoms with E-state index in [1.165, 1.54) is 0 Å². The van der Waals surface area contributed by atoms with Crippen molar-refractivity contribution in [3.05, 3.63) is 41.7 Å². The molecule has 0 saturated heterocycles. The van der Waals surface area contributed by atoms with E-state index in [1.807, 2.05) is 12.1 Å². The second-order valence-electron chi connectivity index (χ2n) is 4.71. The number of nitrogens with zero attached hydrogens (tertiary/aromatic N) is 2. The van der Waals surface area contributed by atoms with Gasteiger partial charge in [0.25, 0.3) is 5.91 Å². The van der Waals surface area contributed by atoms with Gasteiger partial charge in [0.15, 0.2) is 0 Å². The molecule has 1 aromatic carbocycles. The van der Waals surface area contributed by atoms with Gasteiger partial charge in [-0.05, 0) is 23.8 Å². The molecule has 3 N–H and O–H groups in total. The quantitative estimate of drug-likeness (QED) is 0.863. The summed E-state index contributed by atoms with van der Waals surface area (Å²) < 4.78 is 7.12. The molecule has 6 heteroatoms. The Morgan fingerprint density at radius 3 is 3.20 bits per heavy atom. The van der Waals surface area contributed by atoms with E-state index in [1.54, 1.807) is 23.1 Å². The molecule has 1 aliphatic rings. The third-order valence-corrected chi connectivity index (χ3v) is 3.23. The molecule has 3 rings (SSSR count). The maximum atomic E-state index is 12.0. The number of amides is 1. The minimum Gasteiger partial charge on any atom is -0.493 e. The van der Waals surface area contributed by atoms with Gasteiger partial charge in [-0.25, -0.2) is 0 Å². The van der Waals surface area contributed by atoms with Gasteiger partial charge in [0.2, 0.25) is 0 Å². The summed E-state index contributed by atoms with van der Waals surface area (Å²) in [5.74, 6) is 0.799. The van der Waals surface area contributed by atoms with Gasteiger partial charge in [0.1, 0.15) is 5.75 Å². The number of carbonyl (C=O) groups is 1. The van der Waals surface area contributed by atoms with Crippen molar-refractivity contribution in [2.75, 3.05) is 18.9 Å². The molecule has 0 bridgehead atoms. The largest absolute Gasteiger partial charge is 0.493 e. The van der Waals surface area contributed by atoms with Crippen LogP contribution < -0.4 is 15.8 Å². The van der Waals surface area contributed by atoms with E-state index in [9.17, 15) is 4.79 Å². The number of benzene rings is 1. The number of nitrogens with one attached hydrogen (secondary N) is 1. The lowest BCUT2D eigenvalue weighted by atomic mass is 10.1. The topological polar surface area (TPSA) is 82.2 Å². The molecule has 20 heavy (non-hydrogen) atoms. The van der Waals surface area contributed by atoms with Crippen molar-refractivity contribution in [1.29, 1.82) is 0 Å². The van der Waals surface area contributed by atoms with Gasteiger partial charge in [-0.15, -0.1) is 0 Å². The number of carbonyl (C=O) groups excluding carboxylic acids is 1. The molecular formula is C14H16N4O2. The minimum absolute atomic E-state index is 0.0835. The van der Waals surface area contributed by atoms with E-state index in [-0.39, 0.29) is 5.91 Å². The number of anilines is 1. The Kier molecular flexibility index (Phi) is 3.28. The number of hydrogen-bond donors (Lipinski definition) is 2. The molecule has 104 valence electrons. The molecule has 1 amide bonds. The summed E-state index contributed by atoms with van der Waals surface area (Å²) in [7, 11) is 0. The van der Waals surface area contributed by atoms with Crippen LogP contribution in [0.2, 0.25) is 0 Å². The van der Waals surface area contributed by atoms with Crippen molar-refractivity contribution in [2.24, 2.45) is 0 Å². The van der Waals surface area contributed by atoms with Crippen LogP contribution in [0.1, 0.15) is 15.9 Å². The average molecular weight is 272 g/mol. The van der Waals surface area contributed by atoms with Crippen LogP contribution in [-0.2, 0) is 13.0 Å². The van der Waals surface area contributed by atoms with Gasteiger partial charge in [0.05, 0.1) is 25.0 Å². The second-order valence-corrected chi connectivity index (χ2v) is 4.71. The van der Waals surface area contributed by atoms with Gasteiger partial charge in [-0.1, -0.05) is 0 Å². The third kappa shape index (κ3) is 2.59. The van der Waals surface area contributed by atoms with Crippen LogP contribution >= 0.6 is 0 Å². The average Bonchev–Trinajstić information content (AvgIpc) is 3.06. The zero-order chi connectivity index (χ0) is 13.9. The lowest BCUT2D eigenvalue weighted by Gasteiger charge is -2.06. The highest BCUT2D eigenvalue weighted by Crippen LogP contribution is 2.25. The monoisotopic (exact) mass is 272 g/mol. The molecular weight excluding hydrogens is 256 g/mol. The maximum Gasteiger partial charge on any atom is 0.251 e. The number of ether oxygens (including phenoxy) is 1. The summed E-state index contributed by atoms with van der Waals surface area (Å²) in [4.78, 5) is 12.0. The van der Waals surface area contributed by atoms with E-state index in [0.29, 0.717) is 30.9 Å². The minimum atomic E-state index is -0.0835. The highest BCUT2D eigenvalue weighted by atomic mass is 16.5. The lowest BCUT2D eigenvalue weighted by molar-refractivity contribution is 0.0952. The SMILES string of the molecule is Nc1cnn(CCNC(=O)c2ccc3c(c2)CCO3)c1. The fourth-order valence-corrected chi connectivity index (χ4v) is 2.22. The highest BCUT2D eigenvalue weighted by Gasteiger charge is 2.14. The summed E-state index contributed by atoms with van der Waals surface area (Å²) in [6.45, 7) is 1.80. The molecule has 0 unspecified atom stereocenters. The van der Waals surface area contributed by atoms with E-state index in [4.69, 9.17) is 10.5 Å². The molecule has 0 atom stereocenters. The van der Waals surface area contributed by atoms with Gasteiger partial charge in [0, 0.05) is 24.7 Å². The van der Waals surface area contributed by atoms with Crippen molar-refractivity contribution in [3.8, 4) is 5.75 Å². The first-order chi connectivity index (χ1) is 9.72. The molecule has 1 aromatic heterocycles. The standard InChI is InChI=1S/C14H16N4O2/c15-12-8-17-18(9-12)5-4-16-14(19)11-1-2-13-10(7-11)3-6-20-13/h1-2,7-9H,3-6,15H2,(H,16,19). The van der Waals surface area contributed by atoms with Gasteiger partial charge in [-0.3, -0.25) is 9.48 Å². The van der Waals surface area contributed by atoms with Crippen LogP contribution in [0.4, 0.5) is 5.69 Å². The smallest absolute Gasteiger partial charge is 0.251 e. The molecule has 1 aliphatic heterocycles. The molecule has 0 saturated carbocycles. The number of nitrogen functional groups attached to an aromatic ring is 1. The van der Waals surface area contributed by atoms with Crippen molar-refractivity contribution < 1.29 is 9.53 Å². The van der Waals surface area contributed by atoms with E-state index < -0.39 is 0 Å². The fourth-order valence-electron chi connectivity index (χ4n) is 2.22. The van der Waals surface area contributed by atoms with E-state index in [0.717, 1.165) is 17.7 Å². The Balaban J connectivity index is 1.56. The summed E-state index contributed by atoms with van der Waals surface area (Å²) in [6, 6.07) is 5.53. The number of aromatic nitrogens is 2. The first-order valence-electron chi connectivity index (χ1n) is 6.54. The predicted octanol–water partition coefficient (Wildman–Crippen LogP) is 0.830. The molecule has 6 nitrogen and oxygen atoms in total. The first kappa shape index (κ1) is 12.5. The van der Waals surface area contributed by atoms with Crippen LogP contribution in [0.15, 0.2) is 30.6 Å². The highest BCUT2D eigenvalue weighted by molar-refractivity contribution is 5.94. The Bertz CT molecular complexity index is 636.